The van der Waals surface area contributed by atoms with E-state index in [9.17, 15) is 9.90 Å². The normalized spacial score (nSPS) is 13.3. The number of aliphatic carboxylic acids is 1. The van der Waals surface area contributed by atoms with Crippen molar-refractivity contribution in [2.75, 3.05) is 0 Å². The van der Waals surface area contributed by atoms with Crippen molar-refractivity contribution in [1.29, 1.82) is 0 Å². The van der Waals surface area contributed by atoms with Gasteiger partial charge in [-0.2, -0.15) is 0 Å². The number of hydrogen-bond donors (Lipinski definition) is 1. The molecule has 0 aromatic rings. The van der Waals surface area contributed by atoms with E-state index in [1.165, 1.54) is 19.3 Å². The zero-order chi connectivity index (χ0) is 16.1. The lowest BCUT2D eigenvalue weighted by molar-refractivity contribution is -0.154. The van der Waals surface area contributed by atoms with Crippen molar-refractivity contribution in [3.63, 3.8) is 0 Å². The average Bonchev–Trinajstić information content (AvgIpc) is 2.45. The van der Waals surface area contributed by atoms with Gasteiger partial charge in [0.1, 0.15) is 0 Å². The molecule has 2 heteroatoms. The molecule has 0 aromatic heterocycles. The Morgan fingerprint density at radius 1 is 0.857 bits per heavy atom. The van der Waals surface area contributed by atoms with E-state index < -0.39 is 11.4 Å². The lowest BCUT2D eigenvalue weighted by atomic mass is 9.67. The molecule has 0 aromatic carbocycles. The van der Waals surface area contributed by atoms with Gasteiger partial charge in [0.2, 0.25) is 0 Å². The SMILES string of the molecule is CCCCCC(C)C(CCCCC)(CCCCC)C(=O)O. The van der Waals surface area contributed by atoms with Crippen LogP contribution in [0.5, 0.6) is 0 Å². The minimum Gasteiger partial charge on any atom is -0.481 e. The molecule has 0 heterocycles. The van der Waals surface area contributed by atoms with Crippen LogP contribution in [0, 0.1) is 11.3 Å². The van der Waals surface area contributed by atoms with E-state index in [2.05, 4.69) is 27.7 Å². The van der Waals surface area contributed by atoms with Gasteiger partial charge in [0.05, 0.1) is 5.41 Å². The van der Waals surface area contributed by atoms with Gasteiger partial charge < -0.3 is 5.11 Å². The Hall–Kier alpha value is -0.530. The summed E-state index contributed by atoms with van der Waals surface area (Å²) in [5, 5.41) is 9.95. The first-order chi connectivity index (χ1) is 10.0. The molecule has 0 aliphatic rings. The van der Waals surface area contributed by atoms with Gasteiger partial charge in [-0.3, -0.25) is 4.79 Å². The van der Waals surface area contributed by atoms with Crippen LogP contribution in [0.3, 0.4) is 0 Å². The van der Waals surface area contributed by atoms with E-state index in [-0.39, 0.29) is 0 Å². The monoisotopic (exact) mass is 298 g/mol. The topological polar surface area (TPSA) is 37.3 Å². The summed E-state index contributed by atoms with van der Waals surface area (Å²) >= 11 is 0. The highest BCUT2D eigenvalue weighted by Crippen LogP contribution is 2.42. The molecule has 21 heavy (non-hydrogen) atoms. The Morgan fingerprint density at radius 2 is 1.29 bits per heavy atom. The molecule has 1 N–H and O–H groups in total. The lowest BCUT2D eigenvalue weighted by Crippen LogP contribution is -2.37. The van der Waals surface area contributed by atoms with Crippen LogP contribution in [0.25, 0.3) is 0 Å². The fourth-order valence-electron chi connectivity index (χ4n) is 3.40. The summed E-state index contributed by atoms with van der Waals surface area (Å²) < 4.78 is 0. The van der Waals surface area contributed by atoms with Crippen molar-refractivity contribution in [3.05, 3.63) is 0 Å². The highest BCUT2D eigenvalue weighted by atomic mass is 16.4. The smallest absolute Gasteiger partial charge is 0.309 e. The van der Waals surface area contributed by atoms with Gasteiger partial charge in [0.25, 0.3) is 0 Å². The van der Waals surface area contributed by atoms with Crippen molar-refractivity contribution in [1.82, 2.24) is 0 Å². The molecule has 126 valence electrons. The highest BCUT2D eigenvalue weighted by molar-refractivity contribution is 5.75. The molecule has 0 fully saturated rings. The maximum Gasteiger partial charge on any atom is 0.309 e. The molecule has 0 rings (SSSR count). The standard InChI is InChI=1S/C19H38O2/c1-5-8-11-14-17(4)19(18(20)21,15-12-9-6-2)16-13-10-7-3/h17H,5-16H2,1-4H3,(H,20,21). The predicted octanol–water partition coefficient (Wildman–Crippen LogP) is 6.43. The number of hydrogen-bond acceptors (Lipinski definition) is 1. The summed E-state index contributed by atoms with van der Waals surface area (Å²) in [6.07, 6.45) is 13.2. The Balaban J connectivity index is 4.82. The van der Waals surface area contributed by atoms with E-state index >= 15 is 0 Å². The summed E-state index contributed by atoms with van der Waals surface area (Å²) in [6, 6.07) is 0. The molecule has 0 saturated carbocycles. The Bertz CT molecular complexity index is 250. The first-order valence-electron chi connectivity index (χ1n) is 9.28. The summed E-state index contributed by atoms with van der Waals surface area (Å²) in [5.74, 6) is -0.242. The largest absolute Gasteiger partial charge is 0.481 e. The fourth-order valence-corrected chi connectivity index (χ4v) is 3.40. The third-order valence-electron chi connectivity index (χ3n) is 5.06. The van der Waals surface area contributed by atoms with Crippen molar-refractivity contribution in [2.24, 2.45) is 11.3 Å². The van der Waals surface area contributed by atoms with Gasteiger partial charge in [-0.05, 0) is 25.2 Å². The molecule has 0 bridgehead atoms. The number of carboxylic acid groups (broad SMARTS) is 1. The van der Waals surface area contributed by atoms with Crippen LogP contribution in [0.15, 0.2) is 0 Å². The fraction of sp³-hybridized carbons (Fsp3) is 0.947. The zero-order valence-electron chi connectivity index (χ0n) is 14.9. The summed E-state index contributed by atoms with van der Waals surface area (Å²) in [7, 11) is 0. The lowest BCUT2D eigenvalue weighted by Gasteiger charge is -2.36. The molecule has 0 aliphatic carbocycles. The second-order valence-electron chi connectivity index (χ2n) is 6.77. The number of carboxylic acids is 1. The van der Waals surface area contributed by atoms with Gasteiger partial charge in [0, 0.05) is 0 Å². The molecular weight excluding hydrogens is 260 g/mol. The van der Waals surface area contributed by atoms with Gasteiger partial charge in [-0.25, -0.2) is 0 Å². The first-order valence-corrected chi connectivity index (χ1v) is 9.28. The summed E-state index contributed by atoms with van der Waals surface area (Å²) in [5.41, 5.74) is -0.474. The van der Waals surface area contributed by atoms with Crippen LogP contribution in [0.4, 0.5) is 0 Å². The van der Waals surface area contributed by atoms with Crippen LogP contribution >= 0.6 is 0 Å². The van der Waals surface area contributed by atoms with Crippen molar-refractivity contribution < 1.29 is 9.90 Å². The van der Waals surface area contributed by atoms with E-state index in [1.54, 1.807) is 0 Å². The van der Waals surface area contributed by atoms with Gasteiger partial charge in [0.15, 0.2) is 0 Å². The Morgan fingerprint density at radius 3 is 1.67 bits per heavy atom. The second kappa shape index (κ2) is 12.1. The van der Waals surface area contributed by atoms with E-state index in [1.807, 2.05) is 0 Å². The summed E-state index contributed by atoms with van der Waals surface area (Å²) in [4.78, 5) is 12.1. The maximum absolute atomic E-state index is 12.1. The molecule has 0 aliphatic heterocycles. The van der Waals surface area contributed by atoms with Gasteiger partial charge in [-0.1, -0.05) is 85.5 Å². The molecule has 1 atom stereocenters. The zero-order valence-corrected chi connectivity index (χ0v) is 14.9. The predicted molar refractivity (Wildman–Crippen MR) is 91.7 cm³/mol. The first kappa shape index (κ1) is 20.5. The Labute approximate surface area is 132 Å². The minimum atomic E-state index is -0.543. The average molecular weight is 299 g/mol. The van der Waals surface area contributed by atoms with Gasteiger partial charge >= 0.3 is 5.97 Å². The maximum atomic E-state index is 12.1. The molecule has 0 amide bonds. The molecule has 0 radical (unpaired) electrons. The van der Waals surface area contributed by atoms with E-state index in [4.69, 9.17) is 0 Å². The van der Waals surface area contributed by atoms with E-state index in [0.29, 0.717) is 5.92 Å². The third-order valence-corrected chi connectivity index (χ3v) is 5.06. The molecule has 0 saturated heterocycles. The molecule has 0 spiro atoms. The van der Waals surface area contributed by atoms with Crippen LogP contribution in [-0.4, -0.2) is 11.1 Å². The second-order valence-corrected chi connectivity index (χ2v) is 6.77. The van der Waals surface area contributed by atoms with Gasteiger partial charge in [-0.15, -0.1) is 0 Å². The van der Waals surface area contributed by atoms with Crippen molar-refractivity contribution >= 4 is 5.97 Å². The molecular formula is C19H38O2. The Kier molecular flexibility index (Phi) is 11.8. The summed E-state index contributed by atoms with van der Waals surface area (Å²) in [6.45, 7) is 8.76. The molecule has 2 nitrogen and oxygen atoms in total. The third kappa shape index (κ3) is 7.33. The van der Waals surface area contributed by atoms with Crippen LogP contribution < -0.4 is 0 Å². The van der Waals surface area contributed by atoms with Crippen molar-refractivity contribution in [2.45, 2.75) is 105 Å². The highest BCUT2D eigenvalue weighted by Gasteiger charge is 2.41. The molecule has 1 unspecified atom stereocenters. The number of rotatable bonds is 14. The van der Waals surface area contributed by atoms with Crippen molar-refractivity contribution in [3.8, 4) is 0 Å². The van der Waals surface area contributed by atoms with Crippen LogP contribution in [0.2, 0.25) is 0 Å². The number of carbonyl (C=O) groups is 1. The number of unbranched alkanes of at least 4 members (excludes halogenated alkanes) is 6. The minimum absolute atomic E-state index is 0.301. The van der Waals surface area contributed by atoms with E-state index in [0.717, 1.165) is 57.8 Å². The quantitative estimate of drug-likeness (QED) is 0.375. The van der Waals surface area contributed by atoms with Crippen LogP contribution in [-0.2, 0) is 4.79 Å². The van der Waals surface area contributed by atoms with Crippen LogP contribution in [0.1, 0.15) is 105 Å².